The second-order valence-electron chi connectivity index (χ2n) is 5.68. The number of hydrogen-bond donors (Lipinski definition) is 1. The second-order valence-corrected chi connectivity index (χ2v) is 5.68. The van der Waals surface area contributed by atoms with Crippen molar-refractivity contribution in [1.82, 2.24) is 9.55 Å². The highest BCUT2D eigenvalue weighted by atomic mass is 16.5. The number of hydrogen-bond acceptors (Lipinski definition) is 3. The highest BCUT2D eigenvalue weighted by molar-refractivity contribution is 5.02. The summed E-state index contributed by atoms with van der Waals surface area (Å²) in [7, 11) is 1.81. The van der Waals surface area contributed by atoms with Crippen molar-refractivity contribution in [3.05, 3.63) is 18.2 Å². The van der Waals surface area contributed by atoms with E-state index in [0.717, 1.165) is 38.1 Å². The van der Waals surface area contributed by atoms with Crippen LogP contribution in [-0.2, 0) is 17.7 Å². The van der Waals surface area contributed by atoms with Crippen LogP contribution in [0.4, 0.5) is 0 Å². The molecule has 108 valence electrons. The van der Waals surface area contributed by atoms with E-state index in [1.54, 1.807) is 0 Å². The van der Waals surface area contributed by atoms with Gasteiger partial charge in [-0.15, -0.1) is 0 Å². The van der Waals surface area contributed by atoms with Crippen LogP contribution in [0.3, 0.4) is 0 Å². The number of aromatic nitrogens is 2. The molecular weight excluding hydrogens is 238 g/mol. The molecule has 0 amide bonds. The lowest BCUT2D eigenvalue weighted by molar-refractivity contribution is -0.0587. The second kappa shape index (κ2) is 6.53. The summed E-state index contributed by atoms with van der Waals surface area (Å²) in [5.74, 6) is 1.09. The maximum Gasteiger partial charge on any atom is 0.110 e. The molecule has 19 heavy (non-hydrogen) atoms. The van der Waals surface area contributed by atoms with Crippen molar-refractivity contribution in [3.63, 3.8) is 0 Å². The Hall–Kier alpha value is -0.870. The zero-order chi connectivity index (χ0) is 13.7. The fourth-order valence-electron chi connectivity index (χ4n) is 3.23. The zero-order valence-corrected chi connectivity index (χ0v) is 12.3. The van der Waals surface area contributed by atoms with Gasteiger partial charge in [-0.25, -0.2) is 4.98 Å². The smallest absolute Gasteiger partial charge is 0.110 e. The van der Waals surface area contributed by atoms with E-state index in [4.69, 9.17) is 10.5 Å². The van der Waals surface area contributed by atoms with E-state index in [1.165, 1.54) is 19.3 Å². The van der Waals surface area contributed by atoms with E-state index in [2.05, 4.69) is 16.5 Å². The maximum absolute atomic E-state index is 6.47. The third-order valence-electron chi connectivity index (χ3n) is 4.45. The predicted molar refractivity (Wildman–Crippen MR) is 77.0 cm³/mol. The highest BCUT2D eigenvalue weighted by Crippen LogP contribution is 2.34. The van der Waals surface area contributed by atoms with Gasteiger partial charge < -0.3 is 15.0 Å². The van der Waals surface area contributed by atoms with Crippen LogP contribution in [0.15, 0.2) is 12.4 Å². The summed E-state index contributed by atoms with van der Waals surface area (Å²) < 4.78 is 8.04. The first-order valence-corrected chi connectivity index (χ1v) is 7.52. The average Bonchev–Trinajstić information content (AvgIpc) is 2.87. The number of methoxy groups -OCH3 is 1. The Morgan fingerprint density at radius 2 is 2.16 bits per heavy atom. The first kappa shape index (κ1) is 14.5. The summed E-state index contributed by atoms with van der Waals surface area (Å²) in [4.78, 5) is 4.46. The van der Waals surface area contributed by atoms with Gasteiger partial charge in [0, 0.05) is 38.5 Å². The Balaban J connectivity index is 2.06. The molecule has 0 spiro atoms. The van der Waals surface area contributed by atoms with Gasteiger partial charge in [0.25, 0.3) is 0 Å². The molecule has 1 atom stereocenters. The number of rotatable bonds is 6. The number of ether oxygens (including phenoxy) is 1. The number of nitrogens with two attached hydrogens (primary N) is 1. The molecule has 1 fully saturated rings. The van der Waals surface area contributed by atoms with Crippen LogP contribution in [0.5, 0.6) is 0 Å². The molecule has 0 bridgehead atoms. The highest BCUT2D eigenvalue weighted by Gasteiger charge is 2.38. The van der Waals surface area contributed by atoms with E-state index in [1.807, 2.05) is 19.5 Å². The molecule has 4 nitrogen and oxygen atoms in total. The van der Waals surface area contributed by atoms with Crippen LogP contribution in [0.25, 0.3) is 0 Å². The van der Waals surface area contributed by atoms with E-state index in [0.29, 0.717) is 0 Å². The first-order chi connectivity index (χ1) is 9.22. The third kappa shape index (κ3) is 3.18. The number of nitrogens with zero attached hydrogens (tertiary/aromatic N) is 2. The minimum Gasteiger partial charge on any atom is -0.377 e. The Kier molecular flexibility index (Phi) is 4.99. The van der Waals surface area contributed by atoms with Crippen LogP contribution in [0, 0.1) is 0 Å². The van der Waals surface area contributed by atoms with Gasteiger partial charge in [-0.05, 0) is 19.3 Å². The minimum absolute atomic E-state index is 0.0378. The Labute approximate surface area is 116 Å². The molecule has 0 aromatic carbocycles. The summed E-state index contributed by atoms with van der Waals surface area (Å²) in [5.41, 5.74) is 6.33. The van der Waals surface area contributed by atoms with Crippen molar-refractivity contribution in [3.8, 4) is 0 Å². The molecule has 1 saturated carbocycles. The molecule has 0 aliphatic heterocycles. The molecule has 2 rings (SSSR count). The van der Waals surface area contributed by atoms with Crippen molar-refractivity contribution in [2.24, 2.45) is 5.73 Å². The van der Waals surface area contributed by atoms with Gasteiger partial charge in [-0.3, -0.25) is 0 Å². The maximum atomic E-state index is 6.47. The molecule has 0 saturated heterocycles. The standard InChI is InChI=1S/C15H27N3O/c1-3-10-18-11-9-17-14(18)12-13(16)15(19-2)7-5-4-6-8-15/h9,11,13H,3-8,10,12,16H2,1-2H3. The molecule has 1 aromatic heterocycles. The zero-order valence-electron chi connectivity index (χ0n) is 12.3. The van der Waals surface area contributed by atoms with Crippen molar-refractivity contribution in [2.75, 3.05) is 7.11 Å². The SMILES string of the molecule is CCCn1ccnc1CC(N)C1(OC)CCCCC1. The van der Waals surface area contributed by atoms with Crippen molar-refractivity contribution >= 4 is 0 Å². The quantitative estimate of drug-likeness (QED) is 0.860. The molecule has 4 heteroatoms. The summed E-state index contributed by atoms with van der Waals surface area (Å²) in [6, 6.07) is 0.0378. The molecule has 1 unspecified atom stereocenters. The van der Waals surface area contributed by atoms with E-state index in [9.17, 15) is 0 Å². The van der Waals surface area contributed by atoms with Crippen molar-refractivity contribution < 1.29 is 4.74 Å². The third-order valence-corrected chi connectivity index (χ3v) is 4.45. The van der Waals surface area contributed by atoms with Gasteiger partial charge in [0.2, 0.25) is 0 Å². The molecule has 0 radical (unpaired) electrons. The Morgan fingerprint density at radius 3 is 2.79 bits per heavy atom. The Bertz CT molecular complexity index is 382. The fraction of sp³-hybridized carbons (Fsp3) is 0.800. The van der Waals surface area contributed by atoms with E-state index < -0.39 is 0 Å². The van der Waals surface area contributed by atoms with Gasteiger partial charge in [0.15, 0.2) is 0 Å². The molecule has 1 aliphatic carbocycles. The fourth-order valence-corrected chi connectivity index (χ4v) is 3.23. The normalized spacial score (nSPS) is 20.4. The number of aryl methyl sites for hydroxylation is 1. The first-order valence-electron chi connectivity index (χ1n) is 7.52. The lowest BCUT2D eigenvalue weighted by Crippen LogP contribution is -2.52. The van der Waals surface area contributed by atoms with Crippen molar-refractivity contribution in [1.29, 1.82) is 0 Å². The van der Waals surface area contributed by atoms with Crippen LogP contribution in [0.2, 0.25) is 0 Å². The molecule has 2 N–H and O–H groups in total. The van der Waals surface area contributed by atoms with E-state index >= 15 is 0 Å². The molecular formula is C15H27N3O. The topological polar surface area (TPSA) is 53.1 Å². The summed E-state index contributed by atoms with van der Waals surface area (Å²) in [6.45, 7) is 3.20. The summed E-state index contributed by atoms with van der Waals surface area (Å²) >= 11 is 0. The van der Waals surface area contributed by atoms with Gasteiger partial charge in [-0.1, -0.05) is 26.2 Å². The number of imidazole rings is 1. The van der Waals surface area contributed by atoms with E-state index in [-0.39, 0.29) is 11.6 Å². The molecule has 1 heterocycles. The molecule has 1 aliphatic rings. The minimum atomic E-state index is -0.138. The largest absolute Gasteiger partial charge is 0.377 e. The lowest BCUT2D eigenvalue weighted by atomic mass is 9.78. The monoisotopic (exact) mass is 265 g/mol. The lowest BCUT2D eigenvalue weighted by Gasteiger charge is -2.40. The van der Waals surface area contributed by atoms with Gasteiger partial charge in [0.05, 0.1) is 5.60 Å². The van der Waals surface area contributed by atoms with Crippen LogP contribution in [0.1, 0.15) is 51.3 Å². The van der Waals surface area contributed by atoms with Gasteiger partial charge >= 0.3 is 0 Å². The van der Waals surface area contributed by atoms with Gasteiger partial charge in [-0.2, -0.15) is 0 Å². The Morgan fingerprint density at radius 1 is 1.42 bits per heavy atom. The van der Waals surface area contributed by atoms with Crippen LogP contribution < -0.4 is 5.73 Å². The predicted octanol–water partition coefficient (Wildman–Crippen LogP) is 2.51. The molecule has 1 aromatic rings. The van der Waals surface area contributed by atoms with Crippen molar-refractivity contribution in [2.45, 2.75) is 70.1 Å². The summed E-state index contributed by atoms with van der Waals surface area (Å²) in [5, 5.41) is 0. The average molecular weight is 265 g/mol. The summed E-state index contributed by atoms with van der Waals surface area (Å²) in [6.07, 6.45) is 11.8. The van der Waals surface area contributed by atoms with Crippen LogP contribution >= 0.6 is 0 Å². The van der Waals surface area contributed by atoms with Crippen LogP contribution in [-0.4, -0.2) is 28.3 Å². The van der Waals surface area contributed by atoms with Gasteiger partial charge in [0.1, 0.15) is 5.82 Å².